The van der Waals surface area contributed by atoms with Crippen LogP contribution < -0.4 is 0 Å². The molecule has 0 spiro atoms. The van der Waals surface area contributed by atoms with Crippen molar-refractivity contribution in [2.45, 2.75) is 30.4 Å². The Balaban J connectivity index is 2.92. The Labute approximate surface area is 135 Å². The molecule has 0 aliphatic rings. The molecule has 110 valence electrons. The van der Waals surface area contributed by atoms with Crippen LogP contribution in [0.5, 0.6) is 0 Å². The fourth-order valence-corrected chi connectivity index (χ4v) is 6.03. The molecule has 0 radical (unpaired) electrons. The third-order valence-electron chi connectivity index (χ3n) is 2.58. The molecule has 1 N–H and O–H groups in total. The average Bonchev–Trinajstić information content (AvgIpc) is 2.69. The lowest BCUT2D eigenvalue weighted by atomic mass is 10.2. The van der Waals surface area contributed by atoms with E-state index in [0.29, 0.717) is 6.54 Å². The zero-order chi connectivity index (χ0) is 14.5. The second-order valence-corrected chi connectivity index (χ2v) is 9.41. The number of hydrogen-bond acceptors (Lipinski definition) is 4. The minimum atomic E-state index is -3.51. The predicted molar refractivity (Wildman–Crippen MR) is 85.1 cm³/mol. The summed E-state index contributed by atoms with van der Waals surface area (Å²) in [5, 5.41) is 9.04. The molecule has 0 aliphatic heterocycles. The number of thiophene rings is 1. The van der Waals surface area contributed by atoms with Gasteiger partial charge in [-0.05, 0) is 44.3 Å². The van der Waals surface area contributed by atoms with E-state index in [0.717, 1.165) is 27.5 Å². The second-order valence-electron chi connectivity index (χ2n) is 4.02. The summed E-state index contributed by atoms with van der Waals surface area (Å²) in [6, 6.07) is 1.59. The zero-order valence-electron chi connectivity index (χ0n) is 10.6. The summed E-state index contributed by atoms with van der Waals surface area (Å²) in [6.07, 6.45) is 2.82. The van der Waals surface area contributed by atoms with Crippen molar-refractivity contribution in [3.63, 3.8) is 0 Å². The van der Waals surface area contributed by atoms with Gasteiger partial charge in [0.25, 0.3) is 10.0 Å². The summed E-state index contributed by atoms with van der Waals surface area (Å²) < 4.78 is 28.1. The van der Waals surface area contributed by atoms with Gasteiger partial charge in [-0.2, -0.15) is 4.31 Å². The van der Waals surface area contributed by atoms with Crippen molar-refractivity contribution in [1.82, 2.24) is 4.31 Å². The Morgan fingerprint density at radius 1 is 1.32 bits per heavy atom. The molecule has 0 bridgehead atoms. The van der Waals surface area contributed by atoms with E-state index in [4.69, 9.17) is 5.11 Å². The quantitative estimate of drug-likeness (QED) is 0.637. The minimum Gasteiger partial charge on any atom is -0.395 e. The number of aliphatic hydroxyl groups is 1. The summed E-state index contributed by atoms with van der Waals surface area (Å²) >= 11 is 7.76. The van der Waals surface area contributed by atoms with Crippen LogP contribution in [-0.2, 0) is 10.0 Å². The van der Waals surface area contributed by atoms with Crippen molar-refractivity contribution in [3.8, 4) is 0 Å². The van der Waals surface area contributed by atoms with Crippen molar-refractivity contribution < 1.29 is 13.5 Å². The standard InChI is InChI=1S/C11H17Br2NO3S2/c1-2-3-4-5-14(6-7-15)19(16,17)10-8-9(12)11(13)18-10/h8,15H,2-7H2,1H3. The highest BCUT2D eigenvalue weighted by atomic mass is 79.9. The summed E-state index contributed by atoms with van der Waals surface area (Å²) in [6.45, 7) is 2.49. The highest BCUT2D eigenvalue weighted by Gasteiger charge is 2.26. The fraction of sp³-hybridized carbons (Fsp3) is 0.636. The van der Waals surface area contributed by atoms with Gasteiger partial charge in [0.15, 0.2) is 0 Å². The first kappa shape index (κ1) is 17.6. The number of hydrogen-bond donors (Lipinski definition) is 1. The normalized spacial score (nSPS) is 12.3. The molecule has 1 heterocycles. The van der Waals surface area contributed by atoms with Crippen LogP contribution in [0.25, 0.3) is 0 Å². The molecule has 1 aromatic heterocycles. The van der Waals surface area contributed by atoms with Crippen molar-refractivity contribution in [1.29, 1.82) is 0 Å². The number of rotatable bonds is 8. The maximum absolute atomic E-state index is 12.5. The molecular weight excluding hydrogens is 418 g/mol. The number of unbranched alkanes of at least 4 members (excludes halogenated alkanes) is 2. The van der Waals surface area contributed by atoms with Crippen LogP contribution >= 0.6 is 43.2 Å². The zero-order valence-corrected chi connectivity index (χ0v) is 15.4. The van der Waals surface area contributed by atoms with Gasteiger partial charge in [-0.3, -0.25) is 0 Å². The molecule has 0 saturated heterocycles. The van der Waals surface area contributed by atoms with E-state index in [2.05, 4.69) is 38.8 Å². The molecule has 1 aromatic rings. The molecule has 0 fully saturated rings. The highest BCUT2D eigenvalue weighted by Crippen LogP contribution is 2.36. The Bertz CT molecular complexity index is 483. The Morgan fingerprint density at radius 2 is 2.00 bits per heavy atom. The summed E-state index contributed by atoms with van der Waals surface area (Å²) in [5.74, 6) is 0. The average molecular weight is 435 g/mol. The lowest BCUT2D eigenvalue weighted by molar-refractivity contribution is 0.252. The minimum absolute atomic E-state index is 0.138. The van der Waals surface area contributed by atoms with E-state index in [1.807, 2.05) is 0 Å². The van der Waals surface area contributed by atoms with E-state index >= 15 is 0 Å². The van der Waals surface area contributed by atoms with Crippen molar-refractivity contribution in [3.05, 3.63) is 14.3 Å². The van der Waals surface area contributed by atoms with Gasteiger partial charge in [0.1, 0.15) is 4.21 Å². The molecule has 8 heteroatoms. The van der Waals surface area contributed by atoms with Crippen LogP contribution in [0.15, 0.2) is 18.5 Å². The van der Waals surface area contributed by atoms with E-state index in [-0.39, 0.29) is 17.4 Å². The van der Waals surface area contributed by atoms with Gasteiger partial charge >= 0.3 is 0 Å². The predicted octanol–water partition coefficient (Wildman–Crippen LogP) is 3.45. The third kappa shape index (κ3) is 4.78. The van der Waals surface area contributed by atoms with Crippen molar-refractivity contribution >= 4 is 53.2 Å². The Kier molecular flexibility index (Phi) is 7.49. The van der Waals surface area contributed by atoms with Crippen molar-refractivity contribution in [2.75, 3.05) is 19.7 Å². The molecule has 0 aromatic carbocycles. The Hall–Kier alpha value is 0.530. The van der Waals surface area contributed by atoms with Crippen LogP contribution in [0, 0.1) is 0 Å². The molecule has 0 aliphatic carbocycles. The molecule has 0 unspecified atom stereocenters. The van der Waals surface area contributed by atoms with Gasteiger partial charge in [-0.25, -0.2) is 8.42 Å². The van der Waals surface area contributed by atoms with Gasteiger partial charge in [0.2, 0.25) is 0 Å². The molecule has 0 atom stereocenters. The number of halogens is 2. The van der Waals surface area contributed by atoms with Crippen LogP contribution in [-0.4, -0.2) is 37.5 Å². The lowest BCUT2D eigenvalue weighted by Gasteiger charge is -2.20. The number of aliphatic hydroxyl groups excluding tert-OH is 1. The van der Waals surface area contributed by atoms with E-state index < -0.39 is 10.0 Å². The molecule has 0 saturated carbocycles. The first-order valence-corrected chi connectivity index (χ1v) is 9.83. The van der Waals surface area contributed by atoms with Gasteiger partial charge in [0, 0.05) is 17.6 Å². The molecule has 4 nitrogen and oxygen atoms in total. The largest absolute Gasteiger partial charge is 0.395 e. The first-order valence-electron chi connectivity index (χ1n) is 5.99. The fourth-order valence-electron chi connectivity index (χ4n) is 1.58. The van der Waals surface area contributed by atoms with E-state index in [1.165, 1.54) is 15.6 Å². The monoisotopic (exact) mass is 433 g/mol. The van der Waals surface area contributed by atoms with Crippen LogP contribution in [0.1, 0.15) is 26.2 Å². The van der Waals surface area contributed by atoms with Gasteiger partial charge in [-0.1, -0.05) is 19.8 Å². The topological polar surface area (TPSA) is 57.6 Å². The maximum atomic E-state index is 12.5. The first-order chi connectivity index (χ1) is 8.93. The summed E-state index contributed by atoms with van der Waals surface area (Å²) in [7, 11) is -3.51. The van der Waals surface area contributed by atoms with Crippen LogP contribution in [0.4, 0.5) is 0 Å². The van der Waals surface area contributed by atoms with Gasteiger partial charge in [-0.15, -0.1) is 11.3 Å². The van der Waals surface area contributed by atoms with Gasteiger partial charge in [0.05, 0.1) is 10.4 Å². The second kappa shape index (κ2) is 8.09. The van der Waals surface area contributed by atoms with Crippen molar-refractivity contribution in [2.24, 2.45) is 0 Å². The third-order valence-corrected chi connectivity index (χ3v) is 8.18. The van der Waals surface area contributed by atoms with Gasteiger partial charge < -0.3 is 5.11 Å². The SMILES string of the molecule is CCCCCN(CCO)S(=O)(=O)c1cc(Br)c(Br)s1. The summed E-state index contributed by atoms with van der Waals surface area (Å²) in [4.78, 5) is 0. The van der Waals surface area contributed by atoms with E-state index in [1.54, 1.807) is 6.07 Å². The highest BCUT2D eigenvalue weighted by molar-refractivity contribution is 9.13. The van der Waals surface area contributed by atoms with E-state index in [9.17, 15) is 8.42 Å². The van der Waals surface area contributed by atoms with Crippen LogP contribution in [0.2, 0.25) is 0 Å². The number of nitrogens with zero attached hydrogens (tertiary/aromatic N) is 1. The lowest BCUT2D eigenvalue weighted by Crippen LogP contribution is -2.34. The molecular formula is C11H17Br2NO3S2. The van der Waals surface area contributed by atoms with Crippen LogP contribution in [0.3, 0.4) is 0 Å². The summed E-state index contributed by atoms with van der Waals surface area (Å²) in [5.41, 5.74) is 0. The Morgan fingerprint density at radius 3 is 2.47 bits per heavy atom. The number of sulfonamides is 1. The smallest absolute Gasteiger partial charge is 0.252 e. The molecule has 19 heavy (non-hydrogen) atoms. The molecule has 1 rings (SSSR count). The molecule has 0 amide bonds. The maximum Gasteiger partial charge on any atom is 0.252 e.